The van der Waals surface area contributed by atoms with E-state index in [0.717, 1.165) is 11.1 Å². The molecule has 0 unspecified atom stereocenters. The Kier molecular flexibility index (Phi) is 5.91. The van der Waals surface area contributed by atoms with E-state index in [0.29, 0.717) is 12.8 Å². The van der Waals surface area contributed by atoms with Crippen LogP contribution in [0.3, 0.4) is 0 Å². The third-order valence-corrected chi connectivity index (χ3v) is 4.24. The summed E-state index contributed by atoms with van der Waals surface area (Å²) in [6.07, 6.45) is 14.1. The zero-order chi connectivity index (χ0) is 19.9. The van der Waals surface area contributed by atoms with E-state index in [1.807, 2.05) is 24.3 Å². The summed E-state index contributed by atoms with van der Waals surface area (Å²) >= 11 is 0. The molecule has 0 aliphatic rings. The van der Waals surface area contributed by atoms with Crippen LogP contribution in [0.2, 0.25) is 0 Å². The second kappa shape index (κ2) is 8.73. The Morgan fingerprint density at radius 2 is 0.893 bits per heavy atom. The standard InChI is InChI=1S/C22H20N2O4/c25-19-17(5-1-3-15-7-11-23-12-8-15)20(26)22(28)18(21(19)27)6-2-4-16-9-13-24-14-10-16/h1-2,5-14,25-28H,3-4H2/b5-1+,6-2+. The molecule has 0 amide bonds. The first-order valence-electron chi connectivity index (χ1n) is 8.68. The van der Waals surface area contributed by atoms with E-state index in [4.69, 9.17) is 0 Å². The van der Waals surface area contributed by atoms with Gasteiger partial charge in [-0.1, -0.05) is 24.3 Å². The Bertz CT molecular complexity index is 889. The lowest BCUT2D eigenvalue weighted by Gasteiger charge is -2.11. The van der Waals surface area contributed by atoms with Crippen molar-refractivity contribution < 1.29 is 20.4 Å². The number of nitrogens with zero attached hydrogens (tertiary/aromatic N) is 2. The number of hydrogen-bond acceptors (Lipinski definition) is 6. The lowest BCUT2D eigenvalue weighted by molar-refractivity contribution is 0.370. The fourth-order valence-corrected chi connectivity index (χ4v) is 2.71. The number of benzene rings is 1. The average molecular weight is 376 g/mol. The van der Waals surface area contributed by atoms with E-state index in [2.05, 4.69) is 9.97 Å². The molecule has 2 heterocycles. The summed E-state index contributed by atoms with van der Waals surface area (Å²) in [5, 5.41) is 41.1. The average Bonchev–Trinajstić information content (AvgIpc) is 2.73. The summed E-state index contributed by atoms with van der Waals surface area (Å²) in [4.78, 5) is 7.87. The smallest absolute Gasteiger partial charge is 0.169 e. The minimum absolute atomic E-state index is 0.0460. The minimum Gasteiger partial charge on any atom is -0.504 e. The summed E-state index contributed by atoms with van der Waals surface area (Å²) in [5.74, 6) is -1.98. The quantitative estimate of drug-likeness (QED) is 0.385. The van der Waals surface area contributed by atoms with Gasteiger partial charge in [-0.05, 0) is 48.2 Å². The highest BCUT2D eigenvalue weighted by atomic mass is 16.3. The molecule has 0 saturated carbocycles. The largest absolute Gasteiger partial charge is 0.504 e. The molecule has 28 heavy (non-hydrogen) atoms. The molecule has 6 heteroatoms. The molecule has 0 radical (unpaired) electrons. The molecule has 0 atom stereocenters. The van der Waals surface area contributed by atoms with Crippen molar-refractivity contribution in [3.63, 3.8) is 0 Å². The van der Waals surface area contributed by atoms with E-state index >= 15 is 0 Å². The van der Waals surface area contributed by atoms with E-state index in [-0.39, 0.29) is 11.1 Å². The lowest BCUT2D eigenvalue weighted by atomic mass is 10.0. The first-order chi connectivity index (χ1) is 13.6. The highest BCUT2D eigenvalue weighted by Crippen LogP contribution is 2.47. The third-order valence-electron chi connectivity index (χ3n) is 4.24. The number of aromatic hydroxyl groups is 4. The van der Waals surface area contributed by atoms with Crippen LogP contribution in [0.5, 0.6) is 23.0 Å². The fraction of sp³-hybridized carbons (Fsp3) is 0.0909. The maximum absolute atomic E-state index is 10.3. The zero-order valence-corrected chi connectivity index (χ0v) is 15.0. The van der Waals surface area contributed by atoms with Gasteiger partial charge >= 0.3 is 0 Å². The van der Waals surface area contributed by atoms with Crippen molar-refractivity contribution in [2.45, 2.75) is 12.8 Å². The Morgan fingerprint density at radius 1 is 0.571 bits per heavy atom. The van der Waals surface area contributed by atoms with Crippen LogP contribution in [0.4, 0.5) is 0 Å². The van der Waals surface area contributed by atoms with Crippen molar-refractivity contribution in [3.05, 3.63) is 83.5 Å². The van der Waals surface area contributed by atoms with Crippen LogP contribution >= 0.6 is 0 Å². The van der Waals surface area contributed by atoms with Gasteiger partial charge in [0.15, 0.2) is 23.0 Å². The summed E-state index contributed by atoms with van der Waals surface area (Å²) < 4.78 is 0. The molecule has 1 aromatic carbocycles. The first kappa shape index (κ1) is 19.0. The van der Waals surface area contributed by atoms with Gasteiger partial charge in [-0.3, -0.25) is 9.97 Å². The molecular weight excluding hydrogens is 356 g/mol. The summed E-state index contributed by atoms with van der Waals surface area (Å²) in [6.45, 7) is 0. The van der Waals surface area contributed by atoms with Crippen molar-refractivity contribution in [2.24, 2.45) is 0 Å². The highest BCUT2D eigenvalue weighted by molar-refractivity contribution is 5.80. The van der Waals surface area contributed by atoms with Gasteiger partial charge in [-0.2, -0.15) is 0 Å². The molecule has 0 aliphatic carbocycles. The number of pyridine rings is 2. The Hall–Kier alpha value is -3.80. The number of phenolic OH excluding ortho intramolecular Hbond substituents is 4. The topological polar surface area (TPSA) is 107 Å². The molecule has 0 aliphatic heterocycles. The van der Waals surface area contributed by atoms with Crippen LogP contribution in [0.25, 0.3) is 12.2 Å². The van der Waals surface area contributed by atoms with E-state index in [9.17, 15) is 20.4 Å². The van der Waals surface area contributed by atoms with E-state index in [1.165, 1.54) is 12.2 Å². The molecule has 0 saturated heterocycles. The molecule has 0 spiro atoms. The van der Waals surface area contributed by atoms with Crippen molar-refractivity contribution in [1.29, 1.82) is 0 Å². The third kappa shape index (κ3) is 4.29. The van der Waals surface area contributed by atoms with E-state index < -0.39 is 23.0 Å². The van der Waals surface area contributed by atoms with Gasteiger partial charge in [-0.15, -0.1) is 0 Å². The Morgan fingerprint density at radius 3 is 1.21 bits per heavy atom. The van der Waals surface area contributed by atoms with Gasteiger partial charge in [0.25, 0.3) is 0 Å². The van der Waals surface area contributed by atoms with Gasteiger partial charge in [0.2, 0.25) is 0 Å². The number of allylic oxidation sites excluding steroid dienone is 2. The van der Waals surface area contributed by atoms with Crippen LogP contribution in [0.15, 0.2) is 61.2 Å². The molecule has 0 bridgehead atoms. The molecule has 3 aromatic rings. The molecule has 6 nitrogen and oxygen atoms in total. The van der Waals surface area contributed by atoms with Crippen molar-refractivity contribution >= 4 is 12.2 Å². The number of hydrogen-bond donors (Lipinski definition) is 4. The van der Waals surface area contributed by atoms with Gasteiger partial charge in [0.1, 0.15) is 0 Å². The number of rotatable bonds is 6. The van der Waals surface area contributed by atoms with Crippen LogP contribution in [-0.2, 0) is 12.8 Å². The fourth-order valence-electron chi connectivity index (χ4n) is 2.71. The Balaban J connectivity index is 1.82. The molecular formula is C22H20N2O4. The van der Waals surface area contributed by atoms with Crippen LogP contribution < -0.4 is 0 Å². The van der Waals surface area contributed by atoms with Crippen molar-refractivity contribution in [2.75, 3.05) is 0 Å². The molecule has 3 rings (SSSR count). The Labute approximate surface area is 162 Å². The normalized spacial score (nSPS) is 11.4. The number of aromatic nitrogens is 2. The van der Waals surface area contributed by atoms with Gasteiger partial charge in [0, 0.05) is 24.8 Å². The monoisotopic (exact) mass is 376 g/mol. The summed E-state index contributed by atoms with van der Waals surface area (Å²) in [7, 11) is 0. The number of phenols is 4. The predicted octanol–water partition coefficient (Wildman–Crippen LogP) is 3.81. The van der Waals surface area contributed by atoms with E-state index in [1.54, 1.807) is 36.9 Å². The lowest BCUT2D eigenvalue weighted by Crippen LogP contribution is -1.87. The van der Waals surface area contributed by atoms with Gasteiger partial charge in [0.05, 0.1) is 11.1 Å². The van der Waals surface area contributed by atoms with Gasteiger partial charge < -0.3 is 20.4 Å². The molecule has 2 aromatic heterocycles. The van der Waals surface area contributed by atoms with Gasteiger partial charge in [-0.25, -0.2) is 0 Å². The second-order valence-corrected chi connectivity index (χ2v) is 6.15. The minimum atomic E-state index is -0.496. The summed E-state index contributed by atoms with van der Waals surface area (Å²) in [6, 6.07) is 7.37. The summed E-state index contributed by atoms with van der Waals surface area (Å²) in [5.41, 5.74) is 1.90. The second-order valence-electron chi connectivity index (χ2n) is 6.15. The zero-order valence-electron chi connectivity index (χ0n) is 15.0. The maximum Gasteiger partial charge on any atom is 0.169 e. The predicted molar refractivity (Wildman–Crippen MR) is 107 cm³/mol. The van der Waals surface area contributed by atoms with Crippen LogP contribution in [0, 0.1) is 0 Å². The van der Waals surface area contributed by atoms with Crippen molar-refractivity contribution in [1.82, 2.24) is 9.97 Å². The molecule has 4 N–H and O–H groups in total. The van der Waals surface area contributed by atoms with Crippen LogP contribution in [0.1, 0.15) is 22.3 Å². The molecule has 142 valence electrons. The SMILES string of the molecule is Oc1c(O)c(/C=C/Cc2ccncc2)c(O)c(O)c1/C=C/Cc1ccncc1. The first-order valence-corrected chi connectivity index (χ1v) is 8.68. The molecule has 0 fully saturated rings. The highest BCUT2D eigenvalue weighted by Gasteiger charge is 2.20. The van der Waals surface area contributed by atoms with Crippen LogP contribution in [-0.4, -0.2) is 30.4 Å². The van der Waals surface area contributed by atoms with Crippen molar-refractivity contribution in [3.8, 4) is 23.0 Å². The maximum atomic E-state index is 10.3.